The average Bonchev–Trinajstić information content (AvgIpc) is 2.73. The number of nitrogens with two attached hydrogens (primary N) is 1. The van der Waals surface area contributed by atoms with Crippen molar-refractivity contribution in [3.63, 3.8) is 0 Å². The van der Waals surface area contributed by atoms with Gasteiger partial charge in [-0.3, -0.25) is 9.59 Å². The number of carboxylic acid groups (broad SMARTS) is 1. The maximum atomic E-state index is 14.2. The molecule has 4 fully saturated rings. The fourth-order valence-corrected chi connectivity index (χ4v) is 10.3. The van der Waals surface area contributed by atoms with Crippen molar-refractivity contribution in [1.82, 2.24) is 0 Å². The monoisotopic (exact) mass is 469 g/mol. The molecule has 0 saturated heterocycles. The minimum Gasteiger partial charge on any atom is -0.481 e. The predicted molar refractivity (Wildman–Crippen MR) is 135 cm³/mol. The van der Waals surface area contributed by atoms with E-state index in [0.29, 0.717) is 24.7 Å². The van der Waals surface area contributed by atoms with Crippen LogP contribution in [0.2, 0.25) is 0 Å². The third kappa shape index (κ3) is 2.81. The van der Waals surface area contributed by atoms with Crippen LogP contribution in [0.4, 0.5) is 0 Å². The van der Waals surface area contributed by atoms with Crippen LogP contribution >= 0.6 is 0 Å². The molecule has 4 saturated carbocycles. The van der Waals surface area contributed by atoms with Crippen molar-refractivity contribution in [2.45, 2.75) is 112 Å². The molecule has 4 nitrogen and oxygen atoms in total. The van der Waals surface area contributed by atoms with Crippen LogP contribution < -0.4 is 5.73 Å². The standard InChI is InChI=1S/C30H47NO3/c1-18-8-10-28(6)22(25(18,2)3)9-11-29(7)23(28)21(32)16-19-20-17-27(5,24(33)34)13-12-26(20,4)14-15-30(19,29)31/h16,18,20,22-23H,8-15,17,31H2,1-7H3,(H,33,34)/t18-,20-,22-,23+,26+,27-,28-,29+,30-/m0/s1. The Labute approximate surface area is 206 Å². The van der Waals surface area contributed by atoms with E-state index in [1.54, 1.807) is 0 Å². The Balaban J connectivity index is 1.62. The van der Waals surface area contributed by atoms with Gasteiger partial charge in [-0.15, -0.1) is 0 Å². The Bertz CT molecular complexity index is 968. The summed E-state index contributed by atoms with van der Waals surface area (Å²) in [4.78, 5) is 26.4. The molecule has 34 heavy (non-hydrogen) atoms. The molecule has 0 bridgehead atoms. The van der Waals surface area contributed by atoms with E-state index >= 15 is 0 Å². The van der Waals surface area contributed by atoms with Crippen molar-refractivity contribution >= 4 is 11.8 Å². The van der Waals surface area contributed by atoms with Gasteiger partial charge in [0.15, 0.2) is 5.78 Å². The molecule has 0 unspecified atom stereocenters. The Morgan fingerprint density at radius 3 is 2.26 bits per heavy atom. The van der Waals surface area contributed by atoms with Crippen LogP contribution in [-0.2, 0) is 9.59 Å². The Kier molecular flexibility index (Phi) is 5.04. The zero-order valence-electron chi connectivity index (χ0n) is 22.6. The number of carbonyl (C=O) groups is 2. The van der Waals surface area contributed by atoms with Gasteiger partial charge >= 0.3 is 5.97 Å². The van der Waals surface area contributed by atoms with E-state index in [2.05, 4.69) is 41.5 Å². The molecule has 0 spiro atoms. The third-order valence-corrected chi connectivity index (χ3v) is 13.2. The first-order valence-corrected chi connectivity index (χ1v) is 13.8. The summed E-state index contributed by atoms with van der Waals surface area (Å²) in [5.41, 5.74) is 7.35. The lowest BCUT2D eigenvalue weighted by molar-refractivity contribution is -0.181. The second-order valence-electron chi connectivity index (χ2n) is 15.0. The highest BCUT2D eigenvalue weighted by Gasteiger charge is 2.70. The molecule has 5 aliphatic rings. The maximum Gasteiger partial charge on any atom is 0.309 e. The van der Waals surface area contributed by atoms with Gasteiger partial charge < -0.3 is 10.8 Å². The quantitative estimate of drug-likeness (QED) is 0.467. The Hall–Kier alpha value is -1.16. The third-order valence-electron chi connectivity index (χ3n) is 13.2. The van der Waals surface area contributed by atoms with E-state index in [0.717, 1.165) is 44.1 Å². The van der Waals surface area contributed by atoms with E-state index in [4.69, 9.17) is 5.73 Å². The fraction of sp³-hybridized carbons (Fsp3) is 0.867. The molecule has 0 radical (unpaired) electrons. The maximum absolute atomic E-state index is 14.2. The predicted octanol–water partition coefficient (Wildman–Crippen LogP) is 6.38. The van der Waals surface area contributed by atoms with E-state index in [9.17, 15) is 14.7 Å². The molecule has 4 heteroatoms. The number of aliphatic carboxylic acids is 1. The lowest BCUT2D eigenvalue weighted by Gasteiger charge is -2.70. The number of allylic oxidation sites excluding steroid dienone is 1. The summed E-state index contributed by atoms with van der Waals surface area (Å²) in [6.45, 7) is 16.2. The van der Waals surface area contributed by atoms with Gasteiger partial charge in [-0.25, -0.2) is 0 Å². The van der Waals surface area contributed by atoms with Gasteiger partial charge in [-0.2, -0.15) is 0 Å². The van der Waals surface area contributed by atoms with Gasteiger partial charge in [0, 0.05) is 11.5 Å². The molecule has 0 heterocycles. The zero-order chi connectivity index (χ0) is 25.1. The molecule has 3 N–H and O–H groups in total. The summed E-state index contributed by atoms with van der Waals surface area (Å²) in [6.07, 6.45) is 10.5. The lowest BCUT2D eigenvalue weighted by atomic mass is 9.34. The number of fused-ring (bicyclic) bond motifs is 7. The van der Waals surface area contributed by atoms with E-state index in [1.165, 1.54) is 6.42 Å². The van der Waals surface area contributed by atoms with Gasteiger partial charge in [-0.1, -0.05) is 41.5 Å². The van der Waals surface area contributed by atoms with Crippen LogP contribution in [0.25, 0.3) is 0 Å². The highest BCUT2D eigenvalue weighted by atomic mass is 16.4. The van der Waals surface area contributed by atoms with Crippen LogP contribution in [0.1, 0.15) is 106 Å². The summed E-state index contributed by atoms with van der Waals surface area (Å²) in [5, 5.41) is 10.0. The summed E-state index contributed by atoms with van der Waals surface area (Å²) in [7, 11) is 0. The molecule has 0 aliphatic heterocycles. The van der Waals surface area contributed by atoms with Crippen LogP contribution in [0.5, 0.6) is 0 Å². The summed E-state index contributed by atoms with van der Waals surface area (Å²) < 4.78 is 0. The second kappa shape index (κ2) is 6.99. The largest absolute Gasteiger partial charge is 0.481 e. The minimum absolute atomic E-state index is 0.0304. The molecule has 190 valence electrons. The van der Waals surface area contributed by atoms with E-state index < -0.39 is 16.9 Å². The number of carbonyl (C=O) groups excluding carboxylic acids is 1. The van der Waals surface area contributed by atoms with Gasteiger partial charge in [0.05, 0.1) is 5.41 Å². The first-order chi connectivity index (χ1) is 15.6. The summed E-state index contributed by atoms with van der Waals surface area (Å²) in [6, 6.07) is 0. The van der Waals surface area contributed by atoms with Crippen molar-refractivity contribution in [3.05, 3.63) is 11.6 Å². The topological polar surface area (TPSA) is 80.4 Å². The van der Waals surface area contributed by atoms with Crippen LogP contribution in [0.15, 0.2) is 11.6 Å². The molecule has 0 aromatic heterocycles. The van der Waals surface area contributed by atoms with Gasteiger partial charge in [0.2, 0.25) is 0 Å². The average molecular weight is 470 g/mol. The molecular weight excluding hydrogens is 422 g/mol. The normalized spacial score (nSPS) is 54.1. The summed E-state index contributed by atoms with van der Waals surface area (Å²) in [5.74, 6) is 0.805. The molecule has 0 aromatic rings. The smallest absolute Gasteiger partial charge is 0.309 e. The highest BCUT2D eigenvalue weighted by molar-refractivity contribution is 5.96. The number of ketones is 1. The number of hydrogen-bond acceptors (Lipinski definition) is 3. The molecule has 5 aliphatic carbocycles. The second-order valence-corrected chi connectivity index (χ2v) is 15.0. The van der Waals surface area contributed by atoms with E-state index in [1.807, 2.05) is 13.0 Å². The van der Waals surface area contributed by atoms with Gasteiger partial charge in [0.25, 0.3) is 0 Å². The molecular formula is C30H47NO3. The first kappa shape index (κ1) is 24.5. The Morgan fingerprint density at radius 2 is 1.62 bits per heavy atom. The van der Waals surface area contributed by atoms with Gasteiger partial charge in [0.1, 0.15) is 0 Å². The fourth-order valence-electron chi connectivity index (χ4n) is 10.3. The molecule has 9 atom stereocenters. The number of hydrogen-bond donors (Lipinski definition) is 2. The zero-order valence-corrected chi connectivity index (χ0v) is 22.6. The van der Waals surface area contributed by atoms with E-state index in [-0.39, 0.29) is 39.3 Å². The van der Waals surface area contributed by atoms with Crippen LogP contribution in [-0.4, -0.2) is 22.4 Å². The summed E-state index contributed by atoms with van der Waals surface area (Å²) >= 11 is 0. The SMILES string of the molecule is C[C@H]1CC[C@]2(C)[C@H]3C(=O)C=C4[C@@H]5C[C@@](C)(C(=O)O)CC[C@]5(C)CC[C@@]4(N)[C@]3(C)CC[C@H]2C1(C)C. The Morgan fingerprint density at radius 1 is 0.971 bits per heavy atom. The molecule has 5 rings (SSSR count). The molecule has 0 amide bonds. The van der Waals surface area contributed by atoms with Gasteiger partial charge in [-0.05, 0) is 116 Å². The van der Waals surface area contributed by atoms with Crippen molar-refractivity contribution < 1.29 is 14.7 Å². The van der Waals surface area contributed by atoms with Crippen molar-refractivity contribution in [1.29, 1.82) is 0 Å². The van der Waals surface area contributed by atoms with Crippen molar-refractivity contribution in [2.75, 3.05) is 0 Å². The minimum atomic E-state index is -0.739. The lowest BCUT2D eigenvalue weighted by Crippen LogP contribution is -2.72. The molecule has 0 aromatic carbocycles. The first-order valence-electron chi connectivity index (χ1n) is 13.8. The van der Waals surface area contributed by atoms with Crippen LogP contribution in [0, 0.1) is 50.7 Å². The number of carboxylic acids is 1. The van der Waals surface area contributed by atoms with Crippen LogP contribution in [0.3, 0.4) is 0 Å². The highest BCUT2D eigenvalue weighted by Crippen LogP contribution is 2.72. The van der Waals surface area contributed by atoms with Crippen molar-refractivity contribution in [2.24, 2.45) is 56.5 Å². The van der Waals surface area contributed by atoms with Crippen molar-refractivity contribution in [3.8, 4) is 0 Å². The number of rotatable bonds is 1.